The molecule has 1 aliphatic carbocycles. The molecule has 2 aromatic rings. The molecule has 3 N–H and O–H groups in total. The summed E-state index contributed by atoms with van der Waals surface area (Å²) in [6.45, 7) is 1.47. The van der Waals surface area contributed by atoms with E-state index in [4.69, 9.17) is 4.74 Å². The first-order chi connectivity index (χ1) is 18.4. The summed E-state index contributed by atoms with van der Waals surface area (Å²) in [5.41, 5.74) is -3.89. The molecule has 0 unspecified atom stereocenters. The van der Waals surface area contributed by atoms with Gasteiger partial charge in [0.2, 0.25) is 5.75 Å². The number of aromatic nitrogens is 2. The lowest BCUT2D eigenvalue weighted by atomic mass is 9.76. The van der Waals surface area contributed by atoms with Crippen molar-refractivity contribution < 1.29 is 33.0 Å². The maximum absolute atomic E-state index is 15.6. The van der Waals surface area contributed by atoms with Crippen LogP contribution in [0.2, 0.25) is 0 Å². The van der Waals surface area contributed by atoms with Crippen LogP contribution in [0.1, 0.15) is 53.1 Å². The summed E-state index contributed by atoms with van der Waals surface area (Å²) in [7, 11) is 2.89. The van der Waals surface area contributed by atoms with Gasteiger partial charge in [0.05, 0.1) is 18.7 Å². The van der Waals surface area contributed by atoms with Gasteiger partial charge < -0.3 is 25.4 Å². The summed E-state index contributed by atoms with van der Waals surface area (Å²) in [5, 5.41) is 15.8. The number of methoxy groups -OCH3 is 1. The van der Waals surface area contributed by atoms with Crippen LogP contribution in [0.5, 0.6) is 5.75 Å². The zero-order valence-corrected chi connectivity index (χ0v) is 22.0. The van der Waals surface area contributed by atoms with Crippen molar-refractivity contribution in [1.82, 2.24) is 25.1 Å². The lowest BCUT2D eigenvalue weighted by Gasteiger charge is -2.38. The third-order valence-corrected chi connectivity index (χ3v) is 7.43. The van der Waals surface area contributed by atoms with Crippen LogP contribution in [-0.2, 0) is 33.0 Å². The summed E-state index contributed by atoms with van der Waals surface area (Å²) >= 11 is 0. The van der Waals surface area contributed by atoms with E-state index in [0.29, 0.717) is 11.1 Å². The van der Waals surface area contributed by atoms with Crippen molar-refractivity contribution in [2.24, 2.45) is 0 Å². The predicted molar refractivity (Wildman–Crippen MR) is 134 cm³/mol. The number of halogens is 2. The van der Waals surface area contributed by atoms with Crippen molar-refractivity contribution >= 4 is 17.7 Å². The number of fused-ring (bicyclic) bond motifs is 2. The topological polar surface area (TPSA) is 143 Å². The molecule has 1 aromatic heterocycles. The highest BCUT2D eigenvalue weighted by Crippen LogP contribution is 2.46. The molecule has 1 aromatic carbocycles. The fraction of sp³-hybridized carbons (Fsp3) is 0.500. The molecular formula is C26H31F2N5O6. The maximum atomic E-state index is 15.6. The van der Waals surface area contributed by atoms with Crippen molar-refractivity contribution in [3.05, 3.63) is 57.0 Å². The van der Waals surface area contributed by atoms with Crippen LogP contribution in [0.3, 0.4) is 0 Å². The molecule has 3 aliphatic rings. The number of nitrogens with zero attached hydrogens (tertiary/aromatic N) is 3. The van der Waals surface area contributed by atoms with Gasteiger partial charge in [0.25, 0.3) is 11.5 Å². The molecule has 1 saturated carbocycles. The van der Waals surface area contributed by atoms with Gasteiger partial charge in [-0.15, -0.1) is 0 Å². The van der Waals surface area contributed by atoms with E-state index >= 15 is 4.39 Å². The average Bonchev–Trinajstić information content (AvgIpc) is 3.11. The number of rotatable bonds is 7. The highest BCUT2D eigenvalue weighted by molar-refractivity contribution is 6.35. The maximum Gasteiger partial charge on any atom is 0.311 e. The molecule has 3 amide bonds. The summed E-state index contributed by atoms with van der Waals surface area (Å²) in [5.74, 6) is -4.20. The summed E-state index contributed by atoms with van der Waals surface area (Å²) in [6.07, 6.45) is -0.0130. The van der Waals surface area contributed by atoms with Gasteiger partial charge in [-0.2, -0.15) is 0 Å². The minimum absolute atomic E-state index is 0.0252. The fourth-order valence-corrected chi connectivity index (χ4v) is 5.04. The molecule has 0 spiro atoms. The van der Waals surface area contributed by atoms with E-state index in [-0.39, 0.29) is 51.2 Å². The Morgan fingerprint density at radius 2 is 1.92 bits per heavy atom. The SMILES string of the molecule is COCCN(C)C(=O)C(=O)NC12CCC(F)(CC1)Cn1c2nc(C(=O)NCc2ccc(F)c(C)c2)c(O)c1=O. The Hall–Kier alpha value is -3.87. The Labute approximate surface area is 223 Å². The van der Waals surface area contributed by atoms with Gasteiger partial charge in [-0.1, -0.05) is 12.1 Å². The van der Waals surface area contributed by atoms with Crippen LogP contribution >= 0.6 is 0 Å². The minimum Gasteiger partial charge on any atom is -0.501 e. The van der Waals surface area contributed by atoms with Gasteiger partial charge in [-0.25, -0.2) is 13.8 Å². The van der Waals surface area contributed by atoms with E-state index in [1.165, 1.54) is 31.2 Å². The molecular weight excluding hydrogens is 516 g/mol. The standard InChI is InChI=1S/C26H31F2N5O6/c1-15-12-16(4-5-17(15)27)13-29-20(35)18-19(34)22(37)33-14-25(28)6-8-26(9-7-25,24(33)30-18)31-21(36)23(38)32(2)10-11-39-3/h4-5,12,34H,6-11,13-14H2,1-3H3,(H,29,35)(H,31,36). The predicted octanol–water partition coefficient (Wildman–Crippen LogP) is 1.04. The Bertz CT molecular complexity index is 1370. The molecule has 0 saturated heterocycles. The van der Waals surface area contributed by atoms with Crippen molar-refractivity contribution in [2.75, 3.05) is 27.3 Å². The number of amides is 3. The van der Waals surface area contributed by atoms with Gasteiger partial charge in [0.1, 0.15) is 17.3 Å². The van der Waals surface area contributed by atoms with E-state index < -0.39 is 58.3 Å². The van der Waals surface area contributed by atoms with E-state index in [9.17, 15) is 28.7 Å². The van der Waals surface area contributed by atoms with Crippen LogP contribution < -0.4 is 16.2 Å². The van der Waals surface area contributed by atoms with E-state index in [1.807, 2.05) is 0 Å². The monoisotopic (exact) mass is 547 g/mol. The van der Waals surface area contributed by atoms with Gasteiger partial charge >= 0.3 is 11.8 Å². The van der Waals surface area contributed by atoms with Crippen LogP contribution in [0.25, 0.3) is 0 Å². The van der Waals surface area contributed by atoms with Gasteiger partial charge in [0.15, 0.2) is 5.69 Å². The van der Waals surface area contributed by atoms with Crippen LogP contribution in [-0.4, -0.2) is 70.3 Å². The van der Waals surface area contributed by atoms with Crippen LogP contribution in [0.15, 0.2) is 23.0 Å². The van der Waals surface area contributed by atoms with E-state index in [2.05, 4.69) is 15.6 Å². The number of ether oxygens (including phenoxy) is 1. The quantitative estimate of drug-likeness (QED) is 0.440. The number of carbonyl (C=O) groups excluding carboxylic acids is 3. The van der Waals surface area contributed by atoms with Gasteiger partial charge in [-0.3, -0.25) is 23.7 Å². The second-order valence-corrected chi connectivity index (χ2v) is 10.2. The fourth-order valence-electron chi connectivity index (χ4n) is 5.04. The largest absolute Gasteiger partial charge is 0.501 e. The normalized spacial score (nSPS) is 21.6. The van der Waals surface area contributed by atoms with E-state index in [0.717, 1.165) is 4.57 Å². The molecule has 13 heteroatoms. The first-order valence-corrected chi connectivity index (χ1v) is 12.5. The number of benzene rings is 1. The Kier molecular flexibility index (Phi) is 7.73. The minimum atomic E-state index is -1.79. The highest BCUT2D eigenvalue weighted by atomic mass is 19.1. The smallest absolute Gasteiger partial charge is 0.311 e. The lowest BCUT2D eigenvalue weighted by molar-refractivity contribution is -0.147. The number of likely N-dealkylation sites (N-methyl/N-ethyl adjacent to an activating group) is 1. The summed E-state index contributed by atoms with van der Waals surface area (Å²) in [6, 6.07) is 4.27. The molecule has 0 radical (unpaired) electrons. The Balaban J connectivity index is 1.68. The summed E-state index contributed by atoms with van der Waals surface area (Å²) < 4.78 is 35.0. The number of aryl methyl sites for hydroxylation is 1. The third kappa shape index (κ3) is 5.49. The second-order valence-electron chi connectivity index (χ2n) is 10.2. The van der Waals surface area contributed by atoms with Crippen molar-refractivity contribution in [3.8, 4) is 5.75 Å². The molecule has 210 valence electrons. The Morgan fingerprint density at radius 3 is 2.56 bits per heavy atom. The first-order valence-electron chi connectivity index (χ1n) is 12.5. The zero-order valence-electron chi connectivity index (χ0n) is 22.0. The zero-order chi connectivity index (χ0) is 28.5. The number of aromatic hydroxyl groups is 1. The van der Waals surface area contributed by atoms with Crippen LogP contribution in [0.4, 0.5) is 8.78 Å². The molecule has 3 heterocycles. The third-order valence-electron chi connectivity index (χ3n) is 7.43. The first kappa shape index (κ1) is 28.1. The van der Waals surface area contributed by atoms with Crippen LogP contribution in [0, 0.1) is 12.7 Å². The van der Waals surface area contributed by atoms with Crippen molar-refractivity contribution in [3.63, 3.8) is 0 Å². The van der Waals surface area contributed by atoms with Crippen molar-refractivity contribution in [1.29, 1.82) is 0 Å². The number of hydrogen-bond donors (Lipinski definition) is 3. The van der Waals surface area contributed by atoms with Gasteiger partial charge in [0, 0.05) is 27.2 Å². The van der Waals surface area contributed by atoms with Gasteiger partial charge in [-0.05, 0) is 49.8 Å². The average molecular weight is 548 g/mol. The van der Waals surface area contributed by atoms with Crippen molar-refractivity contribution in [2.45, 2.75) is 56.9 Å². The highest BCUT2D eigenvalue weighted by Gasteiger charge is 2.52. The summed E-state index contributed by atoms with van der Waals surface area (Å²) in [4.78, 5) is 57.3. The molecule has 1 fully saturated rings. The lowest BCUT2D eigenvalue weighted by Crippen LogP contribution is -2.54. The number of nitrogens with one attached hydrogen (secondary N) is 2. The number of hydrogen-bond acceptors (Lipinski definition) is 7. The number of carbonyl (C=O) groups is 3. The molecule has 2 aliphatic heterocycles. The molecule has 39 heavy (non-hydrogen) atoms. The molecule has 2 bridgehead atoms. The second kappa shape index (κ2) is 10.7. The molecule has 11 nitrogen and oxygen atoms in total. The Morgan fingerprint density at radius 1 is 1.23 bits per heavy atom. The molecule has 0 atom stereocenters. The molecule has 5 rings (SSSR count). The number of alkyl halides is 1. The van der Waals surface area contributed by atoms with E-state index in [1.54, 1.807) is 13.0 Å².